The minimum absolute atomic E-state index is 0.0158. The van der Waals surface area contributed by atoms with Gasteiger partial charge in [-0.3, -0.25) is 0 Å². The average molecular weight is 256 g/mol. The zero-order valence-corrected chi connectivity index (χ0v) is 10.2. The number of aliphatic hydroxyl groups is 1. The molecule has 1 unspecified atom stereocenters. The molecule has 5 nitrogen and oxygen atoms in total. The smallest absolute Gasteiger partial charge is 0.240 e. The number of hydrogen-bond donors (Lipinski definition) is 2. The Morgan fingerprint density at radius 1 is 1.41 bits per heavy atom. The van der Waals surface area contributed by atoms with Crippen molar-refractivity contribution in [2.24, 2.45) is 5.14 Å². The fourth-order valence-electron chi connectivity index (χ4n) is 2.28. The summed E-state index contributed by atoms with van der Waals surface area (Å²) in [4.78, 5) is 2.04. The van der Waals surface area contributed by atoms with E-state index in [0.717, 1.165) is 19.4 Å². The number of rotatable bonds is 3. The third kappa shape index (κ3) is 2.43. The van der Waals surface area contributed by atoms with Gasteiger partial charge in [0.25, 0.3) is 0 Å². The van der Waals surface area contributed by atoms with E-state index in [-0.39, 0.29) is 17.5 Å². The zero-order chi connectivity index (χ0) is 12.5. The summed E-state index contributed by atoms with van der Waals surface area (Å²) in [6.45, 7) is 0.775. The number of nitrogens with zero attached hydrogens (tertiary/aromatic N) is 1. The summed E-state index contributed by atoms with van der Waals surface area (Å²) >= 11 is 0. The molecule has 0 amide bonds. The second kappa shape index (κ2) is 4.64. The first-order valence-corrected chi connectivity index (χ1v) is 7.08. The highest BCUT2D eigenvalue weighted by atomic mass is 32.2. The van der Waals surface area contributed by atoms with Crippen molar-refractivity contribution >= 4 is 15.7 Å². The van der Waals surface area contributed by atoms with Crippen molar-refractivity contribution in [2.75, 3.05) is 18.1 Å². The second-order valence-corrected chi connectivity index (χ2v) is 5.71. The van der Waals surface area contributed by atoms with Crippen LogP contribution in [-0.4, -0.2) is 32.7 Å². The molecule has 0 radical (unpaired) electrons. The van der Waals surface area contributed by atoms with Crippen molar-refractivity contribution in [1.29, 1.82) is 0 Å². The predicted molar refractivity (Wildman–Crippen MR) is 65.3 cm³/mol. The maximum absolute atomic E-state index is 11.5. The Morgan fingerprint density at radius 3 is 2.76 bits per heavy atom. The molecular formula is C11H16N2O3S. The molecule has 17 heavy (non-hydrogen) atoms. The summed E-state index contributed by atoms with van der Waals surface area (Å²) in [5.41, 5.74) is 0.589. The molecule has 0 spiro atoms. The van der Waals surface area contributed by atoms with E-state index < -0.39 is 10.0 Å². The number of sulfonamides is 1. The van der Waals surface area contributed by atoms with Gasteiger partial charge in [-0.15, -0.1) is 0 Å². The number of aliphatic hydroxyl groups excluding tert-OH is 1. The Kier molecular flexibility index (Phi) is 3.37. The van der Waals surface area contributed by atoms with E-state index in [1.807, 2.05) is 4.90 Å². The van der Waals surface area contributed by atoms with Crippen LogP contribution in [0.25, 0.3) is 0 Å². The first-order valence-electron chi connectivity index (χ1n) is 5.53. The molecule has 1 aromatic rings. The van der Waals surface area contributed by atoms with E-state index >= 15 is 0 Å². The van der Waals surface area contributed by atoms with E-state index in [9.17, 15) is 13.5 Å². The van der Waals surface area contributed by atoms with Gasteiger partial charge in [-0.25, -0.2) is 13.6 Å². The molecule has 1 atom stereocenters. The molecular weight excluding hydrogens is 240 g/mol. The average Bonchev–Trinajstić information content (AvgIpc) is 2.75. The number of primary sulfonamides is 1. The van der Waals surface area contributed by atoms with Crippen LogP contribution in [0.2, 0.25) is 0 Å². The summed E-state index contributed by atoms with van der Waals surface area (Å²) in [5, 5.41) is 14.5. The van der Waals surface area contributed by atoms with E-state index in [2.05, 4.69) is 0 Å². The molecule has 3 N–H and O–H groups in total. The largest absolute Gasteiger partial charge is 0.394 e. The van der Waals surface area contributed by atoms with Crippen LogP contribution < -0.4 is 10.0 Å². The van der Waals surface area contributed by atoms with Crippen LogP contribution in [0.5, 0.6) is 0 Å². The molecule has 1 heterocycles. The van der Waals surface area contributed by atoms with Crippen LogP contribution in [0.15, 0.2) is 29.2 Å². The topological polar surface area (TPSA) is 83.6 Å². The Balaban J connectivity index is 2.45. The van der Waals surface area contributed by atoms with Crippen LogP contribution in [0, 0.1) is 0 Å². The number of hydrogen-bond acceptors (Lipinski definition) is 4. The van der Waals surface area contributed by atoms with E-state index in [1.54, 1.807) is 18.2 Å². The minimum Gasteiger partial charge on any atom is -0.394 e. The summed E-state index contributed by atoms with van der Waals surface area (Å²) in [6.07, 6.45) is 1.82. The number of nitrogens with two attached hydrogens (primary N) is 1. The lowest BCUT2D eigenvalue weighted by atomic mass is 10.2. The molecule has 94 valence electrons. The second-order valence-electron chi connectivity index (χ2n) is 4.18. The quantitative estimate of drug-likeness (QED) is 0.814. The van der Waals surface area contributed by atoms with Gasteiger partial charge in [0, 0.05) is 6.54 Å². The fourth-order valence-corrected chi connectivity index (χ4v) is 3.02. The van der Waals surface area contributed by atoms with Crippen LogP contribution in [-0.2, 0) is 10.0 Å². The Bertz CT molecular complexity index is 501. The van der Waals surface area contributed by atoms with Crippen molar-refractivity contribution in [3.05, 3.63) is 24.3 Å². The summed E-state index contributed by atoms with van der Waals surface area (Å²) in [7, 11) is -3.73. The number of anilines is 1. The Labute approximate surface area is 101 Å². The monoisotopic (exact) mass is 256 g/mol. The third-order valence-electron chi connectivity index (χ3n) is 3.07. The zero-order valence-electron chi connectivity index (χ0n) is 9.41. The molecule has 0 bridgehead atoms. The summed E-state index contributed by atoms with van der Waals surface area (Å²) in [6, 6.07) is 6.63. The van der Waals surface area contributed by atoms with Gasteiger partial charge in [0.2, 0.25) is 10.0 Å². The van der Waals surface area contributed by atoms with Crippen molar-refractivity contribution in [1.82, 2.24) is 0 Å². The lowest BCUT2D eigenvalue weighted by Crippen LogP contribution is -2.33. The van der Waals surface area contributed by atoms with Crippen molar-refractivity contribution in [3.8, 4) is 0 Å². The number of benzene rings is 1. The number of para-hydroxylation sites is 1. The van der Waals surface area contributed by atoms with E-state index in [4.69, 9.17) is 5.14 Å². The highest BCUT2D eigenvalue weighted by molar-refractivity contribution is 7.89. The highest BCUT2D eigenvalue weighted by Gasteiger charge is 2.27. The van der Waals surface area contributed by atoms with E-state index in [1.165, 1.54) is 6.07 Å². The predicted octanol–water partition coefficient (Wildman–Crippen LogP) is 0.295. The van der Waals surface area contributed by atoms with Gasteiger partial charge < -0.3 is 10.0 Å². The molecule has 0 aliphatic carbocycles. The van der Waals surface area contributed by atoms with Crippen LogP contribution in [0.1, 0.15) is 12.8 Å². The Hall–Kier alpha value is -1.11. The van der Waals surface area contributed by atoms with Gasteiger partial charge in [0.1, 0.15) is 4.90 Å². The van der Waals surface area contributed by atoms with Gasteiger partial charge in [-0.2, -0.15) is 0 Å². The fraction of sp³-hybridized carbons (Fsp3) is 0.455. The molecule has 1 aliphatic rings. The van der Waals surface area contributed by atoms with Gasteiger partial charge in [-0.05, 0) is 25.0 Å². The molecule has 1 saturated heterocycles. The molecule has 6 heteroatoms. The Morgan fingerprint density at radius 2 is 2.12 bits per heavy atom. The molecule has 1 aliphatic heterocycles. The molecule has 2 rings (SSSR count). The molecule has 1 fully saturated rings. The minimum atomic E-state index is -3.73. The van der Waals surface area contributed by atoms with Gasteiger partial charge >= 0.3 is 0 Å². The van der Waals surface area contributed by atoms with Gasteiger partial charge in [0.15, 0.2) is 0 Å². The first-order chi connectivity index (χ1) is 8.04. The van der Waals surface area contributed by atoms with E-state index in [0.29, 0.717) is 5.69 Å². The van der Waals surface area contributed by atoms with Crippen molar-refractivity contribution < 1.29 is 13.5 Å². The SMILES string of the molecule is NS(=O)(=O)c1ccccc1N1CCCC1CO. The van der Waals surface area contributed by atoms with Crippen molar-refractivity contribution in [2.45, 2.75) is 23.8 Å². The van der Waals surface area contributed by atoms with Crippen LogP contribution in [0.3, 0.4) is 0 Å². The van der Waals surface area contributed by atoms with Crippen LogP contribution >= 0.6 is 0 Å². The third-order valence-corrected chi connectivity index (χ3v) is 4.03. The maximum atomic E-state index is 11.5. The molecule has 0 aromatic heterocycles. The highest BCUT2D eigenvalue weighted by Crippen LogP contribution is 2.30. The van der Waals surface area contributed by atoms with Gasteiger partial charge in [0.05, 0.1) is 18.3 Å². The maximum Gasteiger partial charge on any atom is 0.240 e. The lowest BCUT2D eigenvalue weighted by Gasteiger charge is -2.26. The summed E-state index contributed by atoms with van der Waals surface area (Å²) < 4.78 is 23.0. The molecule has 1 aromatic carbocycles. The van der Waals surface area contributed by atoms with Crippen molar-refractivity contribution in [3.63, 3.8) is 0 Å². The van der Waals surface area contributed by atoms with Gasteiger partial charge in [-0.1, -0.05) is 12.1 Å². The first kappa shape index (κ1) is 12.3. The lowest BCUT2D eigenvalue weighted by molar-refractivity contribution is 0.266. The summed E-state index contributed by atoms with van der Waals surface area (Å²) in [5.74, 6) is 0. The van der Waals surface area contributed by atoms with Crippen LogP contribution in [0.4, 0.5) is 5.69 Å². The standard InChI is InChI=1S/C11H16N2O3S/c12-17(15,16)11-6-2-1-5-10(11)13-7-3-4-9(13)8-14/h1-2,5-6,9,14H,3-4,7-8H2,(H2,12,15,16). The molecule has 0 saturated carbocycles. The normalized spacial score (nSPS) is 20.8.